The molecule has 3 rings (SSSR count). The Balaban J connectivity index is 1.68. The van der Waals surface area contributed by atoms with Crippen LogP contribution >= 0.6 is 15.9 Å². The van der Waals surface area contributed by atoms with Crippen molar-refractivity contribution in [3.05, 3.63) is 69.2 Å². The summed E-state index contributed by atoms with van der Waals surface area (Å²) in [4.78, 5) is 35.4. The third kappa shape index (κ3) is 3.32. The van der Waals surface area contributed by atoms with Crippen molar-refractivity contribution >= 4 is 33.7 Å². The highest BCUT2D eigenvalue weighted by Crippen LogP contribution is 2.21. The highest BCUT2D eigenvalue weighted by molar-refractivity contribution is 9.10. The molecule has 2 amide bonds. The predicted octanol–water partition coefficient (Wildman–Crippen LogP) is 2.62. The molecule has 0 fully saturated rings. The number of carbonyl (C=O) groups is 3. The molecule has 0 bridgehead atoms. The largest absolute Gasteiger partial charge is 0.461 e. The van der Waals surface area contributed by atoms with Crippen LogP contribution in [0, 0.1) is 0 Å². The fraction of sp³-hybridized carbons (Fsp3) is 0.118. The maximum atomic E-state index is 12.0. The summed E-state index contributed by atoms with van der Waals surface area (Å²) in [6.07, 6.45) is -0.0552. The fourth-order valence-electron chi connectivity index (χ4n) is 2.39. The Morgan fingerprint density at radius 3 is 2.52 bits per heavy atom. The van der Waals surface area contributed by atoms with Gasteiger partial charge in [-0.3, -0.25) is 19.7 Å². The van der Waals surface area contributed by atoms with Gasteiger partial charge in [0.25, 0.3) is 11.8 Å². The molecule has 0 atom stereocenters. The molecule has 1 heterocycles. The van der Waals surface area contributed by atoms with Gasteiger partial charge in [-0.05, 0) is 29.3 Å². The molecule has 0 saturated carbocycles. The van der Waals surface area contributed by atoms with Crippen LogP contribution in [0.2, 0.25) is 0 Å². The molecule has 0 aromatic heterocycles. The van der Waals surface area contributed by atoms with Crippen LogP contribution in [-0.2, 0) is 22.6 Å². The number of rotatable bonds is 4. The molecule has 0 spiro atoms. The summed E-state index contributed by atoms with van der Waals surface area (Å²) in [7, 11) is 0. The Kier molecular flexibility index (Phi) is 4.25. The molecule has 5 nitrogen and oxygen atoms in total. The Labute approximate surface area is 140 Å². The molecule has 0 aliphatic carbocycles. The number of ether oxygens (including phenoxy) is 1. The van der Waals surface area contributed by atoms with E-state index < -0.39 is 17.8 Å². The van der Waals surface area contributed by atoms with Crippen LogP contribution in [0.5, 0.6) is 0 Å². The molecule has 0 radical (unpaired) electrons. The number of amides is 2. The van der Waals surface area contributed by atoms with Crippen molar-refractivity contribution in [2.75, 3.05) is 0 Å². The van der Waals surface area contributed by atoms with E-state index in [0.29, 0.717) is 11.1 Å². The van der Waals surface area contributed by atoms with E-state index in [4.69, 9.17) is 4.74 Å². The van der Waals surface area contributed by atoms with E-state index in [1.54, 1.807) is 18.2 Å². The summed E-state index contributed by atoms with van der Waals surface area (Å²) >= 11 is 3.34. The first-order valence-electron chi connectivity index (χ1n) is 6.92. The number of nitrogens with one attached hydrogen (secondary N) is 1. The number of carbonyl (C=O) groups excluding carboxylic acids is 3. The summed E-state index contributed by atoms with van der Waals surface area (Å²) in [5.41, 5.74) is 1.92. The number of benzene rings is 2. The average molecular weight is 374 g/mol. The average Bonchev–Trinajstić information content (AvgIpc) is 2.82. The Hall–Kier alpha value is -2.47. The van der Waals surface area contributed by atoms with Gasteiger partial charge in [0.15, 0.2) is 0 Å². The molecule has 1 N–H and O–H groups in total. The number of hydrogen-bond donors (Lipinski definition) is 1. The van der Waals surface area contributed by atoms with E-state index >= 15 is 0 Å². The minimum Gasteiger partial charge on any atom is -0.461 e. The van der Waals surface area contributed by atoms with Gasteiger partial charge in [-0.25, -0.2) is 0 Å². The van der Waals surface area contributed by atoms with Gasteiger partial charge in [-0.15, -0.1) is 0 Å². The summed E-state index contributed by atoms with van der Waals surface area (Å²) in [5.74, 6) is -1.36. The normalized spacial score (nSPS) is 12.7. The van der Waals surface area contributed by atoms with Gasteiger partial charge < -0.3 is 4.74 Å². The molecule has 116 valence electrons. The SMILES string of the molecule is O=C(Cc1cccc2c1C(=O)NC2=O)OCc1ccc(Br)cc1. The molecule has 1 aliphatic heterocycles. The second kappa shape index (κ2) is 6.34. The zero-order chi connectivity index (χ0) is 16.4. The zero-order valence-corrected chi connectivity index (χ0v) is 13.6. The van der Waals surface area contributed by atoms with Gasteiger partial charge in [-0.1, -0.05) is 40.2 Å². The maximum Gasteiger partial charge on any atom is 0.310 e. The van der Waals surface area contributed by atoms with Crippen LogP contribution in [0.3, 0.4) is 0 Å². The minimum absolute atomic E-state index is 0.0552. The lowest BCUT2D eigenvalue weighted by Crippen LogP contribution is -2.20. The lowest BCUT2D eigenvalue weighted by atomic mass is 10.0. The molecule has 0 saturated heterocycles. The molecule has 2 aromatic carbocycles. The molecule has 2 aromatic rings. The lowest BCUT2D eigenvalue weighted by Gasteiger charge is -2.07. The van der Waals surface area contributed by atoms with E-state index in [-0.39, 0.29) is 18.6 Å². The smallest absolute Gasteiger partial charge is 0.310 e. The topological polar surface area (TPSA) is 72.5 Å². The Morgan fingerprint density at radius 2 is 1.78 bits per heavy atom. The van der Waals surface area contributed by atoms with Crippen LogP contribution in [-0.4, -0.2) is 17.8 Å². The first kappa shape index (κ1) is 15.4. The van der Waals surface area contributed by atoms with E-state index in [1.165, 1.54) is 0 Å². The van der Waals surface area contributed by atoms with Crippen molar-refractivity contribution in [1.29, 1.82) is 0 Å². The number of esters is 1. The molecular weight excluding hydrogens is 362 g/mol. The van der Waals surface area contributed by atoms with E-state index in [0.717, 1.165) is 10.0 Å². The van der Waals surface area contributed by atoms with Crippen LogP contribution < -0.4 is 5.32 Å². The van der Waals surface area contributed by atoms with Crippen LogP contribution in [0.15, 0.2) is 46.9 Å². The van der Waals surface area contributed by atoms with Gasteiger partial charge in [0, 0.05) is 4.47 Å². The third-order valence-corrected chi connectivity index (χ3v) is 4.03. The van der Waals surface area contributed by atoms with Gasteiger partial charge >= 0.3 is 5.97 Å². The minimum atomic E-state index is -0.471. The van der Waals surface area contributed by atoms with Gasteiger partial charge in [0.05, 0.1) is 17.5 Å². The molecule has 23 heavy (non-hydrogen) atoms. The van der Waals surface area contributed by atoms with Gasteiger partial charge in [-0.2, -0.15) is 0 Å². The second-order valence-electron chi connectivity index (χ2n) is 5.09. The number of imide groups is 1. The standard InChI is InChI=1S/C17H12BrNO4/c18-12-6-4-10(5-7-12)9-23-14(20)8-11-2-1-3-13-15(11)17(22)19-16(13)21/h1-7H,8-9H2,(H,19,21,22). The molecular formula is C17H12BrNO4. The van der Waals surface area contributed by atoms with Crippen LogP contribution in [0.1, 0.15) is 31.8 Å². The van der Waals surface area contributed by atoms with Crippen molar-refractivity contribution in [3.63, 3.8) is 0 Å². The summed E-state index contributed by atoms with van der Waals surface area (Å²) < 4.78 is 6.17. The highest BCUT2D eigenvalue weighted by atomic mass is 79.9. The van der Waals surface area contributed by atoms with E-state index in [9.17, 15) is 14.4 Å². The first-order chi connectivity index (χ1) is 11.0. The number of hydrogen-bond acceptors (Lipinski definition) is 4. The Bertz CT molecular complexity index is 799. The maximum absolute atomic E-state index is 12.0. The predicted molar refractivity (Wildman–Crippen MR) is 85.9 cm³/mol. The van der Waals surface area contributed by atoms with Crippen LogP contribution in [0.25, 0.3) is 0 Å². The van der Waals surface area contributed by atoms with Crippen molar-refractivity contribution in [2.45, 2.75) is 13.0 Å². The second-order valence-corrected chi connectivity index (χ2v) is 6.00. The third-order valence-electron chi connectivity index (χ3n) is 3.50. The van der Waals surface area contributed by atoms with Crippen LogP contribution in [0.4, 0.5) is 0 Å². The zero-order valence-electron chi connectivity index (χ0n) is 12.0. The molecule has 6 heteroatoms. The highest BCUT2D eigenvalue weighted by Gasteiger charge is 2.29. The van der Waals surface area contributed by atoms with E-state index in [1.807, 2.05) is 24.3 Å². The van der Waals surface area contributed by atoms with Crippen molar-refractivity contribution in [1.82, 2.24) is 5.32 Å². The Morgan fingerprint density at radius 1 is 1.04 bits per heavy atom. The van der Waals surface area contributed by atoms with Crippen molar-refractivity contribution in [2.24, 2.45) is 0 Å². The quantitative estimate of drug-likeness (QED) is 0.660. The lowest BCUT2D eigenvalue weighted by molar-refractivity contribution is -0.144. The summed E-state index contributed by atoms with van der Waals surface area (Å²) in [6, 6.07) is 12.3. The van der Waals surface area contributed by atoms with Gasteiger partial charge in [0.1, 0.15) is 6.61 Å². The summed E-state index contributed by atoms with van der Waals surface area (Å²) in [6.45, 7) is 0.159. The molecule has 0 unspecified atom stereocenters. The monoisotopic (exact) mass is 373 g/mol. The van der Waals surface area contributed by atoms with E-state index in [2.05, 4.69) is 21.2 Å². The van der Waals surface area contributed by atoms with Crippen molar-refractivity contribution in [3.8, 4) is 0 Å². The van der Waals surface area contributed by atoms with Gasteiger partial charge in [0.2, 0.25) is 0 Å². The number of fused-ring (bicyclic) bond motifs is 1. The summed E-state index contributed by atoms with van der Waals surface area (Å²) in [5, 5.41) is 2.22. The van der Waals surface area contributed by atoms with Crippen molar-refractivity contribution < 1.29 is 19.1 Å². The number of halogens is 1. The first-order valence-corrected chi connectivity index (χ1v) is 7.71. The molecule has 1 aliphatic rings. The fourth-order valence-corrected chi connectivity index (χ4v) is 2.65.